The van der Waals surface area contributed by atoms with Crippen molar-refractivity contribution in [2.75, 3.05) is 13.2 Å². The third-order valence-corrected chi connectivity index (χ3v) is 3.62. The van der Waals surface area contributed by atoms with Crippen LogP contribution in [0.3, 0.4) is 0 Å². The number of oxazole rings is 1. The number of carboxylic acid groups (broad SMARTS) is 1. The number of hydrogen-bond acceptors (Lipinski definition) is 4. The molecule has 19 heavy (non-hydrogen) atoms. The van der Waals surface area contributed by atoms with Gasteiger partial charge in [-0.1, -0.05) is 13.0 Å². The second-order valence-corrected chi connectivity index (χ2v) is 4.96. The van der Waals surface area contributed by atoms with Crippen LogP contribution in [0.4, 0.5) is 0 Å². The maximum absolute atomic E-state index is 11.2. The van der Waals surface area contributed by atoms with Crippen molar-refractivity contribution in [3.63, 3.8) is 0 Å². The van der Waals surface area contributed by atoms with E-state index in [1.807, 2.05) is 0 Å². The Hall–Kier alpha value is -1.88. The van der Waals surface area contributed by atoms with Gasteiger partial charge in [-0.25, -0.2) is 9.78 Å². The van der Waals surface area contributed by atoms with Crippen molar-refractivity contribution in [3.8, 4) is 0 Å². The molecule has 5 nitrogen and oxygen atoms in total. The van der Waals surface area contributed by atoms with Gasteiger partial charge in [0.05, 0.1) is 0 Å². The first kappa shape index (κ1) is 12.2. The van der Waals surface area contributed by atoms with Crippen LogP contribution < -0.4 is 0 Å². The number of fused-ring (bicyclic) bond motifs is 1. The van der Waals surface area contributed by atoms with Crippen LogP contribution >= 0.6 is 0 Å². The molecule has 100 valence electrons. The van der Waals surface area contributed by atoms with Crippen LogP contribution in [-0.4, -0.2) is 29.3 Å². The van der Waals surface area contributed by atoms with E-state index < -0.39 is 5.97 Å². The highest BCUT2D eigenvalue weighted by Crippen LogP contribution is 2.33. The molecule has 0 aliphatic carbocycles. The highest BCUT2D eigenvalue weighted by molar-refractivity contribution is 5.99. The Morgan fingerprint density at radius 1 is 1.47 bits per heavy atom. The van der Waals surface area contributed by atoms with E-state index in [0.717, 1.165) is 6.42 Å². The maximum Gasteiger partial charge on any atom is 0.339 e. The lowest BCUT2D eigenvalue weighted by Crippen LogP contribution is -2.23. The lowest BCUT2D eigenvalue weighted by Gasteiger charge is -2.26. The standard InChI is InChI=1S/C14H15NO4/c1-8-7-18-6-5-9(8)13-15-11-4-2-3-10(14(16)17)12(11)19-13/h2-4,8-9H,5-7H2,1H3,(H,16,17). The molecule has 0 amide bonds. The van der Waals surface area contributed by atoms with Crippen LogP contribution in [-0.2, 0) is 4.74 Å². The molecule has 2 unspecified atom stereocenters. The Bertz CT molecular complexity index is 619. The number of para-hydroxylation sites is 1. The molecule has 0 bridgehead atoms. The molecule has 2 atom stereocenters. The zero-order valence-corrected chi connectivity index (χ0v) is 10.6. The van der Waals surface area contributed by atoms with E-state index in [4.69, 9.17) is 14.3 Å². The number of aromatic nitrogens is 1. The highest BCUT2D eigenvalue weighted by atomic mass is 16.5. The van der Waals surface area contributed by atoms with Gasteiger partial charge in [-0.15, -0.1) is 0 Å². The number of carbonyl (C=O) groups is 1. The van der Waals surface area contributed by atoms with Crippen molar-refractivity contribution in [2.24, 2.45) is 5.92 Å². The number of ether oxygens (including phenoxy) is 1. The van der Waals surface area contributed by atoms with Gasteiger partial charge in [-0.3, -0.25) is 0 Å². The summed E-state index contributed by atoms with van der Waals surface area (Å²) >= 11 is 0. The van der Waals surface area contributed by atoms with E-state index >= 15 is 0 Å². The molecule has 1 saturated heterocycles. The van der Waals surface area contributed by atoms with E-state index in [1.165, 1.54) is 6.07 Å². The van der Waals surface area contributed by atoms with E-state index in [2.05, 4.69) is 11.9 Å². The van der Waals surface area contributed by atoms with Gasteiger partial charge >= 0.3 is 5.97 Å². The molecular weight excluding hydrogens is 246 g/mol. The average molecular weight is 261 g/mol. The SMILES string of the molecule is CC1COCCC1c1nc2cccc(C(=O)O)c2o1. The molecule has 1 aliphatic rings. The third-order valence-electron chi connectivity index (χ3n) is 3.62. The molecular formula is C14H15NO4. The molecule has 0 spiro atoms. The highest BCUT2D eigenvalue weighted by Gasteiger charge is 2.28. The molecule has 3 rings (SSSR count). The topological polar surface area (TPSA) is 72.6 Å². The van der Waals surface area contributed by atoms with Gasteiger partial charge in [0.25, 0.3) is 0 Å². The number of benzene rings is 1. The smallest absolute Gasteiger partial charge is 0.339 e. The minimum atomic E-state index is -0.992. The van der Waals surface area contributed by atoms with E-state index in [0.29, 0.717) is 36.1 Å². The van der Waals surface area contributed by atoms with Gasteiger partial charge < -0.3 is 14.3 Å². The van der Waals surface area contributed by atoms with Gasteiger partial charge in [-0.05, 0) is 24.5 Å². The predicted molar refractivity (Wildman–Crippen MR) is 68.3 cm³/mol. The minimum absolute atomic E-state index is 0.163. The van der Waals surface area contributed by atoms with Crippen LogP contribution in [0.2, 0.25) is 0 Å². The molecule has 1 fully saturated rings. The first-order valence-electron chi connectivity index (χ1n) is 6.37. The molecule has 1 N–H and O–H groups in total. The summed E-state index contributed by atoms with van der Waals surface area (Å²) < 4.78 is 11.1. The van der Waals surface area contributed by atoms with Gasteiger partial charge in [0, 0.05) is 19.1 Å². The number of aromatic carboxylic acids is 1. The summed E-state index contributed by atoms with van der Waals surface area (Å²) in [6, 6.07) is 5.00. The van der Waals surface area contributed by atoms with Crippen molar-refractivity contribution in [1.29, 1.82) is 0 Å². The number of rotatable bonds is 2. The van der Waals surface area contributed by atoms with Crippen molar-refractivity contribution in [2.45, 2.75) is 19.3 Å². The lowest BCUT2D eigenvalue weighted by molar-refractivity contribution is 0.0411. The fourth-order valence-electron chi connectivity index (χ4n) is 2.54. The van der Waals surface area contributed by atoms with Crippen LogP contribution in [0.15, 0.2) is 22.6 Å². The summed E-state index contributed by atoms with van der Waals surface area (Å²) in [7, 11) is 0. The number of hydrogen-bond donors (Lipinski definition) is 1. The second-order valence-electron chi connectivity index (χ2n) is 4.96. The van der Waals surface area contributed by atoms with Crippen molar-refractivity contribution in [3.05, 3.63) is 29.7 Å². The average Bonchev–Trinajstić information content (AvgIpc) is 2.82. The predicted octanol–water partition coefficient (Wildman–Crippen LogP) is 2.67. The van der Waals surface area contributed by atoms with Crippen LogP contribution in [0.5, 0.6) is 0 Å². The maximum atomic E-state index is 11.2. The van der Waals surface area contributed by atoms with Crippen molar-refractivity contribution >= 4 is 17.1 Å². The zero-order chi connectivity index (χ0) is 13.4. The summed E-state index contributed by atoms with van der Waals surface area (Å²) in [5.41, 5.74) is 1.13. The molecule has 1 aromatic carbocycles. The Balaban J connectivity index is 2.06. The van der Waals surface area contributed by atoms with Gasteiger partial charge in [0.2, 0.25) is 0 Å². The normalized spacial score (nSPS) is 23.6. The molecule has 0 radical (unpaired) electrons. The molecule has 2 aromatic rings. The molecule has 5 heteroatoms. The fraction of sp³-hybridized carbons (Fsp3) is 0.429. The van der Waals surface area contributed by atoms with Gasteiger partial charge in [0.1, 0.15) is 11.1 Å². The zero-order valence-electron chi connectivity index (χ0n) is 10.6. The monoisotopic (exact) mass is 261 g/mol. The Labute approximate surface area is 110 Å². The summed E-state index contributed by atoms with van der Waals surface area (Å²) in [5.74, 6) is 0.158. The fourth-order valence-corrected chi connectivity index (χ4v) is 2.54. The van der Waals surface area contributed by atoms with Gasteiger partial charge in [-0.2, -0.15) is 0 Å². The van der Waals surface area contributed by atoms with Crippen molar-refractivity contribution < 1.29 is 19.1 Å². The largest absolute Gasteiger partial charge is 0.478 e. The summed E-state index contributed by atoms with van der Waals surface area (Å²) in [5, 5.41) is 9.15. The van der Waals surface area contributed by atoms with Gasteiger partial charge in [0.15, 0.2) is 11.5 Å². The first-order chi connectivity index (χ1) is 9.16. The Morgan fingerprint density at radius 3 is 3.05 bits per heavy atom. The van der Waals surface area contributed by atoms with Crippen molar-refractivity contribution in [1.82, 2.24) is 4.98 Å². The second kappa shape index (κ2) is 4.66. The minimum Gasteiger partial charge on any atom is -0.478 e. The van der Waals surface area contributed by atoms with Crippen LogP contribution in [0, 0.1) is 5.92 Å². The van der Waals surface area contributed by atoms with Crippen LogP contribution in [0.25, 0.3) is 11.1 Å². The molecule has 1 aliphatic heterocycles. The number of nitrogens with zero attached hydrogens (tertiary/aromatic N) is 1. The lowest BCUT2D eigenvalue weighted by atomic mass is 9.90. The summed E-state index contributed by atoms with van der Waals surface area (Å²) in [6.07, 6.45) is 0.858. The van der Waals surface area contributed by atoms with E-state index in [1.54, 1.807) is 12.1 Å². The van der Waals surface area contributed by atoms with Crippen LogP contribution in [0.1, 0.15) is 35.5 Å². The summed E-state index contributed by atoms with van der Waals surface area (Å²) in [6.45, 7) is 3.48. The Kier molecular flexibility index (Phi) is 2.98. The number of carboxylic acids is 1. The third kappa shape index (κ3) is 2.10. The molecule has 0 saturated carbocycles. The summed E-state index contributed by atoms with van der Waals surface area (Å²) in [4.78, 5) is 15.6. The van der Waals surface area contributed by atoms with E-state index in [9.17, 15) is 4.79 Å². The molecule has 2 heterocycles. The quantitative estimate of drug-likeness (QED) is 0.899. The first-order valence-corrected chi connectivity index (χ1v) is 6.37. The van der Waals surface area contributed by atoms with E-state index in [-0.39, 0.29) is 11.5 Å². The Morgan fingerprint density at radius 2 is 2.32 bits per heavy atom. The molecule has 1 aromatic heterocycles.